The van der Waals surface area contributed by atoms with Crippen molar-refractivity contribution < 1.29 is 4.74 Å². The Morgan fingerprint density at radius 2 is 2.06 bits per heavy atom. The van der Waals surface area contributed by atoms with Crippen molar-refractivity contribution in [1.29, 1.82) is 0 Å². The highest BCUT2D eigenvalue weighted by Crippen LogP contribution is 2.17. The molecule has 4 nitrogen and oxygen atoms in total. The van der Waals surface area contributed by atoms with E-state index in [1.54, 1.807) is 18.6 Å². The molecule has 0 spiro atoms. The number of hydrogen-bond acceptors (Lipinski definition) is 4. The first-order chi connectivity index (χ1) is 8.90. The van der Waals surface area contributed by atoms with Gasteiger partial charge in [0.1, 0.15) is 5.82 Å². The second-order valence-electron chi connectivity index (χ2n) is 3.83. The summed E-state index contributed by atoms with van der Waals surface area (Å²) in [6.07, 6.45) is 5.05. The van der Waals surface area contributed by atoms with Crippen LogP contribution >= 0.6 is 0 Å². The minimum absolute atomic E-state index is 0.0261. The van der Waals surface area contributed by atoms with Crippen LogP contribution < -0.4 is 5.32 Å². The highest BCUT2D eigenvalue weighted by molar-refractivity contribution is 5.31. The Hall–Kier alpha value is -1.94. The van der Waals surface area contributed by atoms with Crippen molar-refractivity contribution in [2.45, 2.75) is 13.0 Å². The van der Waals surface area contributed by atoms with E-state index in [0.29, 0.717) is 13.2 Å². The molecule has 18 heavy (non-hydrogen) atoms. The molecule has 0 fully saturated rings. The quantitative estimate of drug-likeness (QED) is 0.847. The van der Waals surface area contributed by atoms with E-state index in [-0.39, 0.29) is 6.10 Å². The zero-order valence-electron chi connectivity index (χ0n) is 10.4. The summed E-state index contributed by atoms with van der Waals surface area (Å²) in [4.78, 5) is 8.19. The van der Waals surface area contributed by atoms with Crippen molar-refractivity contribution in [1.82, 2.24) is 9.97 Å². The van der Waals surface area contributed by atoms with Gasteiger partial charge in [-0.05, 0) is 12.5 Å². The Balaban J connectivity index is 1.99. The Morgan fingerprint density at radius 1 is 1.22 bits per heavy atom. The fraction of sp³-hybridized carbons (Fsp3) is 0.286. The smallest absolute Gasteiger partial charge is 0.144 e. The first kappa shape index (κ1) is 12.5. The molecule has 1 atom stereocenters. The van der Waals surface area contributed by atoms with E-state index in [0.717, 1.165) is 11.4 Å². The highest BCUT2D eigenvalue weighted by atomic mass is 16.5. The van der Waals surface area contributed by atoms with Crippen LogP contribution in [0.1, 0.15) is 18.6 Å². The Morgan fingerprint density at radius 3 is 2.72 bits per heavy atom. The van der Waals surface area contributed by atoms with Gasteiger partial charge in [-0.1, -0.05) is 30.3 Å². The first-order valence-electron chi connectivity index (χ1n) is 6.06. The maximum absolute atomic E-state index is 5.74. The predicted molar refractivity (Wildman–Crippen MR) is 71.3 cm³/mol. The molecular weight excluding hydrogens is 226 g/mol. The van der Waals surface area contributed by atoms with Gasteiger partial charge in [0, 0.05) is 25.5 Å². The van der Waals surface area contributed by atoms with E-state index >= 15 is 0 Å². The zero-order chi connectivity index (χ0) is 12.6. The normalized spacial score (nSPS) is 12.1. The lowest BCUT2D eigenvalue weighted by Crippen LogP contribution is -2.16. The molecule has 0 bridgehead atoms. The average Bonchev–Trinajstić information content (AvgIpc) is 2.45. The second kappa shape index (κ2) is 6.71. The number of ether oxygens (including phenoxy) is 1. The van der Waals surface area contributed by atoms with E-state index in [1.165, 1.54) is 0 Å². The molecule has 0 aliphatic carbocycles. The van der Waals surface area contributed by atoms with E-state index in [2.05, 4.69) is 27.4 Å². The SMILES string of the molecule is CCOC(CNc1cnccn1)c1ccccc1. The maximum Gasteiger partial charge on any atom is 0.144 e. The van der Waals surface area contributed by atoms with Crippen LogP contribution in [-0.2, 0) is 4.74 Å². The van der Waals surface area contributed by atoms with Gasteiger partial charge in [-0.15, -0.1) is 0 Å². The number of aromatic nitrogens is 2. The first-order valence-corrected chi connectivity index (χ1v) is 6.06. The summed E-state index contributed by atoms with van der Waals surface area (Å²) in [6, 6.07) is 10.2. The number of rotatable bonds is 6. The molecule has 0 amide bonds. The van der Waals surface area contributed by atoms with Crippen molar-refractivity contribution in [3.63, 3.8) is 0 Å². The van der Waals surface area contributed by atoms with Crippen LogP contribution in [0.4, 0.5) is 5.82 Å². The molecule has 0 radical (unpaired) electrons. The van der Waals surface area contributed by atoms with Gasteiger partial charge in [0.25, 0.3) is 0 Å². The lowest BCUT2D eigenvalue weighted by atomic mass is 10.1. The van der Waals surface area contributed by atoms with Crippen molar-refractivity contribution in [3.8, 4) is 0 Å². The van der Waals surface area contributed by atoms with Crippen molar-refractivity contribution in [2.75, 3.05) is 18.5 Å². The molecule has 1 N–H and O–H groups in total. The van der Waals surface area contributed by atoms with Gasteiger partial charge >= 0.3 is 0 Å². The topological polar surface area (TPSA) is 47.0 Å². The van der Waals surface area contributed by atoms with Gasteiger partial charge in [-0.2, -0.15) is 0 Å². The maximum atomic E-state index is 5.74. The monoisotopic (exact) mass is 243 g/mol. The van der Waals surface area contributed by atoms with Crippen molar-refractivity contribution >= 4 is 5.82 Å². The molecule has 0 aliphatic heterocycles. The number of anilines is 1. The number of nitrogens with zero attached hydrogens (tertiary/aromatic N) is 2. The van der Waals surface area contributed by atoms with Gasteiger partial charge < -0.3 is 10.1 Å². The summed E-state index contributed by atoms with van der Waals surface area (Å²) >= 11 is 0. The summed E-state index contributed by atoms with van der Waals surface area (Å²) in [5.74, 6) is 0.762. The Bertz CT molecular complexity index is 447. The molecule has 2 rings (SSSR count). The van der Waals surface area contributed by atoms with Gasteiger partial charge in [-0.25, -0.2) is 4.98 Å². The number of hydrogen-bond donors (Lipinski definition) is 1. The summed E-state index contributed by atoms with van der Waals surface area (Å²) in [7, 11) is 0. The largest absolute Gasteiger partial charge is 0.372 e. The molecule has 1 unspecified atom stereocenters. The third-order valence-electron chi connectivity index (χ3n) is 2.57. The third kappa shape index (κ3) is 3.53. The fourth-order valence-electron chi connectivity index (χ4n) is 1.73. The van der Waals surface area contributed by atoms with Gasteiger partial charge in [-0.3, -0.25) is 4.98 Å². The summed E-state index contributed by atoms with van der Waals surface area (Å²) in [5.41, 5.74) is 1.16. The molecule has 0 saturated heterocycles. The molecule has 1 heterocycles. The molecule has 0 saturated carbocycles. The van der Waals surface area contributed by atoms with Crippen molar-refractivity contribution in [3.05, 3.63) is 54.5 Å². The Kier molecular flexibility index (Phi) is 4.67. The Labute approximate surface area is 107 Å². The number of benzene rings is 1. The molecule has 1 aromatic carbocycles. The third-order valence-corrected chi connectivity index (χ3v) is 2.57. The zero-order valence-corrected chi connectivity index (χ0v) is 10.4. The van der Waals surface area contributed by atoms with Gasteiger partial charge in [0.05, 0.1) is 12.3 Å². The lowest BCUT2D eigenvalue weighted by Gasteiger charge is -2.18. The lowest BCUT2D eigenvalue weighted by molar-refractivity contribution is 0.0718. The predicted octanol–water partition coefficient (Wildman–Crippen LogP) is 2.67. The highest BCUT2D eigenvalue weighted by Gasteiger charge is 2.10. The van der Waals surface area contributed by atoms with Crippen LogP contribution in [0.2, 0.25) is 0 Å². The fourth-order valence-corrected chi connectivity index (χ4v) is 1.73. The standard InChI is InChI=1S/C14H17N3O/c1-2-18-13(12-6-4-3-5-7-12)10-17-14-11-15-8-9-16-14/h3-9,11,13H,2,10H2,1H3,(H,16,17). The molecule has 0 aliphatic rings. The molecular formula is C14H17N3O. The van der Waals surface area contributed by atoms with Crippen LogP contribution in [0.5, 0.6) is 0 Å². The summed E-state index contributed by atoms with van der Waals surface area (Å²) < 4.78 is 5.74. The molecule has 4 heteroatoms. The summed E-state index contributed by atoms with van der Waals surface area (Å²) in [5, 5.41) is 3.23. The molecule has 2 aromatic rings. The van der Waals surface area contributed by atoms with Crippen LogP contribution in [0.25, 0.3) is 0 Å². The minimum atomic E-state index is 0.0261. The number of nitrogens with one attached hydrogen (secondary N) is 1. The molecule has 94 valence electrons. The van der Waals surface area contributed by atoms with E-state index in [9.17, 15) is 0 Å². The second-order valence-corrected chi connectivity index (χ2v) is 3.83. The minimum Gasteiger partial charge on any atom is -0.372 e. The van der Waals surface area contributed by atoms with Crippen molar-refractivity contribution in [2.24, 2.45) is 0 Å². The van der Waals surface area contributed by atoms with Crippen LogP contribution in [0.3, 0.4) is 0 Å². The van der Waals surface area contributed by atoms with Gasteiger partial charge in [0.15, 0.2) is 0 Å². The van der Waals surface area contributed by atoms with Gasteiger partial charge in [0.2, 0.25) is 0 Å². The molecule has 1 aromatic heterocycles. The van der Waals surface area contributed by atoms with E-state index in [4.69, 9.17) is 4.74 Å². The van der Waals surface area contributed by atoms with Crippen LogP contribution in [0, 0.1) is 0 Å². The van der Waals surface area contributed by atoms with E-state index in [1.807, 2.05) is 25.1 Å². The average molecular weight is 243 g/mol. The van der Waals surface area contributed by atoms with Crippen LogP contribution in [-0.4, -0.2) is 23.1 Å². The van der Waals surface area contributed by atoms with E-state index < -0.39 is 0 Å². The summed E-state index contributed by atoms with van der Waals surface area (Å²) in [6.45, 7) is 3.36. The van der Waals surface area contributed by atoms with Crippen LogP contribution in [0.15, 0.2) is 48.9 Å².